The lowest BCUT2D eigenvalue weighted by Crippen LogP contribution is -2.35. The molecule has 0 aromatic heterocycles. The van der Waals surface area contributed by atoms with E-state index >= 15 is 0 Å². The van der Waals surface area contributed by atoms with E-state index in [1.54, 1.807) is 7.05 Å². The number of hydrogen-bond donors (Lipinski definition) is 0. The average molecular weight is 246 g/mol. The quantitative estimate of drug-likeness (QED) is 0.818. The third-order valence-electron chi connectivity index (χ3n) is 2.74. The molecule has 96 valence electrons. The molecule has 0 saturated heterocycles. The minimum atomic E-state index is -0.570. The second kappa shape index (κ2) is 5.21. The number of likely N-dealkylation sites (N-methyl/N-ethyl adjacent to an activating group) is 1. The molecule has 1 aliphatic rings. The lowest BCUT2D eigenvalue weighted by Gasteiger charge is -2.15. The molecule has 1 atom stereocenters. The van der Waals surface area contributed by atoms with E-state index in [9.17, 15) is 4.79 Å². The lowest BCUT2D eigenvalue weighted by atomic mass is 10.0. The largest absolute Gasteiger partial charge is 0.474 e. The van der Waals surface area contributed by atoms with Crippen LogP contribution in [0.5, 0.6) is 5.75 Å². The van der Waals surface area contributed by atoms with Crippen LogP contribution in [-0.4, -0.2) is 29.8 Å². The average Bonchev–Trinajstić information content (AvgIpc) is 2.58. The minimum Gasteiger partial charge on any atom is -0.474 e. The molecule has 4 heteroatoms. The summed E-state index contributed by atoms with van der Waals surface area (Å²) in [6.07, 6.45) is 0.202. The van der Waals surface area contributed by atoms with E-state index in [4.69, 9.17) is 4.74 Å². The number of nitrogens with zero attached hydrogens (tertiary/aromatic N) is 2. The van der Waals surface area contributed by atoms with Crippen molar-refractivity contribution in [2.75, 3.05) is 7.05 Å². The number of ether oxygens (including phenoxy) is 1. The van der Waals surface area contributed by atoms with Gasteiger partial charge in [0.05, 0.1) is 5.71 Å². The van der Waals surface area contributed by atoms with Gasteiger partial charge in [0.1, 0.15) is 5.75 Å². The van der Waals surface area contributed by atoms with Crippen LogP contribution in [0.3, 0.4) is 0 Å². The summed E-state index contributed by atoms with van der Waals surface area (Å²) < 4.78 is 5.75. The van der Waals surface area contributed by atoms with Gasteiger partial charge in [-0.2, -0.15) is 5.10 Å². The molecule has 0 saturated carbocycles. The van der Waals surface area contributed by atoms with E-state index in [1.165, 1.54) is 5.01 Å². The van der Waals surface area contributed by atoms with Gasteiger partial charge in [-0.05, 0) is 24.5 Å². The van der Waals surface area contributed by atoms with Crippen molar-refractivity contribution >= 4 is 11.6 Å². The van der Waals surface area contributed by atoms with Crippen molar-refractivity contribution in [2.24, 2.45) is 11.0 Å². The number of carbonyl (C=O) groups excluding carboxylic acids is 1. The summed E-state index contributed by atoms with van der Waals surface area (Å²) in [4.78, 5) is 12.0. The van der Waals surface area contributed by atoms with E-state index in [0.717, 1.165) is 12.1 Å². The molecule has 0 fully saturated rings. The third-order valence-corrected chi connectivity index (χ3v) is 2.74. The summed E-state index contributed by atoms with van der Waals surface area (Å²) in [7, 11) is 1.66. The number of rotatable bonds is 4. The molecular formula is C14H18N2O2. The second-order valence-corrected chi connectivity index (χ2v) is 4.86. The predicted octanol–water partition coefficient (Wildman–Crippen LogP) is 2.31. The van der Waals surface area contributed by atoms with E-state index in [1.807, 2.05) is 30.3 Å². The van der Waals surface area contributed by atoms with Crippen LogP contribution in [0.1, 0.15) is 20.3 Å². The Morgan fingerprint density at radius 2 is 2.00 bits per heavy atom. The first kappa shape index (κ1) is 12.6. The van der Waals surface area contributed by atoms with Crippen LogP contribution in [0.25, 0.3) is 0 Å². The van der Waals surface area contributed by atoms with E-state index in [0.29, 0.717) is 11.7 Å². The molecule has 1 aromatic rings. The Morgan fingerprint density at radius 3 is 2.61 bits per heavy atom. The molecule has 1 amide bonds. The molecule has 1 aromatic carbocycles. The smallest absolute Gasteiger partial charge is 0.289 e. The first-order chi connectivity index (χ1) is 8.58. The normalized spacial score (nSPS) is 19.3. The zero-order valence-corrected chi connectivity index (χ0v) is 11.0. The van der Waals surface area contributed by atoms with Gasteiger partial charge >= 0.3 is 0 Å². The van der Waals surface area contributed by atoms with Gasteiger partial charge in [0.15, 0.2) is 0 Å². The molecule has 1 unspecified atom stereocenters. The second-order valence-electron chi connectivity index (χ2n) is 4.86. The number of amides is 1. The molecule has 0 N–H and O–H groups in total. The van der Waals surface area contributed by atoms with Crippen molar-refractivity contribution in [1.82, 2.24) is 5.01 Å². The van der Waals surface area contributed by atoms with Crippen LogP contribution in [0.2, 0.25) is 0 Å². The Bertz CT molecular complexity index is 454. The van der Waals surface area contributed by atoms with Crippen LogP contribution in [-0.2, 0) is 4.79 Å². The maximum atomic E-state index is 12.0. The van der Waals surface area contributed by atoms with Gasteiger partial charge in [-0.15, -0.1) is 0 Å². The molecule has 2 rings (SSSR count). The number of benzene rings is 1. The fraction of sp³-hybridized carbons (Fsp3) is 0.429. The summed E-state index contributed by atoms with van der Waals surface area (Å²) in [5, 5.41) is 5.63. The summed E-state index contributed by atoms with van der Waals surface area (Å²) in [6.45, 7) is 4.20. The Kier molecular flexibility index (Phi) is 3.65. The fourth-order valence-corrected chi connectivity index (χ4v) is 1.93. The van der Waals surface area contributed by atoms with Crippen molar-refractivity contribution in [1.29, 1.82) is 0 Å². The van der Waals surface area contributed by atoms with Crippen LogP contribution in [0.4, 0.5) is 0 Å². The van der Waals surface area contributed by atoms with Crippen LogP contribution >= 0.6 is 0 Å². The van der Waals surface area contributed by atoms with Gasteiger partial charge in [-0.1, -0.05) is 32.0 Å². The van der Waals surface area contributed by atoms with Crippen molar-refractivity contribution < 1.29 is 9.53 Å². The monoisotopic (exact) mass is 246 g/mol. The van der Waals surface area contributed by atoms with E-state index in [-0.39, 0.29) is 5.91 Å². The summed E-state index contributed by atoms with van der Waals surface area (Å²) in [5.41, 5.74) is 0.807. The van der Waals surface area contributed by atoms with Gasteiger partial charge in [0, 0.05) is 7.05 Å². The van der Waals surface area contributed by atoms with Crippen LogP contribution in [0.15, 0.2) is 35.4 Å². The number of hydrazone groups is 1. The number of hydrogen-bond acceptors (Lipinski definition) is 3. The Labute approximate surface area is 107 Å². The predicted molar refractivity (Wildman–Crippen MR) is 70.5 cm³/mol. The molecule has 0 radical (unpaired) electrons. The molecule has 18 heavy (non-hydrogen) atoms. The first-order valence-corrected chi connectivity index (χ1v) is 6.14. The summed E-state index contributed by atoms with van der Waals surface area (Å²) in [5.74, 6) is 1.04. The molecule has 0 bridgehead atoms. The molecule has 1 aliphatic heterocycles. The zero-order chi connectivity index (χ0) is 13.1. The first-order valence-electron chi connectivity index (χ1n) is 6.14. The fourth-order valence-electron chi connectivity index (χ4n) is 1.93. The zero-order valence-electron chi connectivity index (χ0n) is 11.0. The Balaban J connectivity index is 2.14. The molecule has 0 spiro atoms. The Morgan fingerprint density at radius 1 is 1.33 bits per heavy atom. The van der Waals surface area contributed by atoms with Gasteiger partial charge in [0.25, 0.3) is 5.91 Å². The van der Waals surface area contributed by atoms with Crippen LogP contribution < -0.4 is 4.74 Å². The molecular weight excluding hydrogens is 228 g/mol. The van der Waals surface area contributed by atoms with E-state index < -0.39 is 6.10 Å². The highest BCUT2D eigenvalue weighted by molar-refractivity contribution is 6.11. The third kappa shape index (κ3) is 2.70. The Hall–Kier alpha value is -1.84. The number of para-hydroxylation sites is 1. The standard InChI is InChI=1S/C14H18N2O2/c1-10(2)9-12-13(14(17)16(3)15-12)18-11-7-5-4-6-8-11/h4-8,10,13H,9H2,1-3H3. The highest BCUT2D eigenvalue weighted by atomic mass is 16.5. The van der Waals surface area contributed by atoms with Gasteiger partial charge in [-0.25, -0.2) is 5.01 Å². The van der Waals surface area contributed by atoms with E-state index in [2.05, 4.69) is 18.9 Å². The SMILES string of the molecule is CC(C)CC1=NN(C)C(=O)C1Oc1ccccc1. The van der Waals surface area contributed by atoms with Gasteiger partial charge < -0.3 is 4.74 Å². The highest BCUT2D eigenvalue weighted by Crippen LogP contribution is 2.20. The van der Waals surface area contributed by atoms with Crippen molar-refractivity contribution in [3.05, 3.63) is 30.3 Å². The minimum absolute atomic E-state index is 0.102. The van der Waals surface area contributed by atoms with Crippen LogP contribution in [0, 0.1) is 5.92 Å². The van der Waals surface area contributed by atoms with Gasteiger partial charge in [-0.3, -0.25) is 4.79 Å². The molecule has 0 aliphatic carbocycles. The van der Waals surface area contributed by atoms with Crippen molar-refractivity contribution in [3.8, 4) is 5.75 Å². The lowest BCUT2D eigenvalue weighted by molar-refractivity contribution is -0.132. The summed E-state index contributed by atoms with van der Waals surface area (Å²) >= 11 is 0. The summed E-state index contributed by atoms with van der Waals surface area (Å²) in [6, 6.07) is 9.38. The van der Waals surface area contributed by atoms with Gasteiger partial charge in [0.2, 0.25) is 6.10 Å². The topological polar surface area (TPSA) is 41.9 Å². The van der Waals surface area contributed by atoms with Crippen molar-refractivity contribution in [2.45, 2.75) is 26.4 Å². The molecule has 4 nitrogen and oxygen atoms in total. The number of carbonyl (C=O) groups is 1. The molecule has 1 heterocycles. The maximum Gasteiger partial charge on any atom is 0.289 e. The highest BCUT2D eigenvalue weighted by Gasteiger charge is 2.35. The maximum absolute atomic E-state index is 12.0. The van der Waals surface area contributed by atoms with Crippen molar-refractivity contribution in [3.63, 3.8) is 0 Å².